The van der Waals surface area contributed by atoms with Crippen LogP contribution in [0, 0.1) is 0 Å². The molecular weight excluding hydrogens is 467 g/mol. The SMILES string of the molecule is COc1ccccc1-n1nnnc1SC(C(=O)Nc1cccc(C(F)(F)F)c1)c1ccccc1. The summed E-state index contributed by atoms with van der Waals surface area (Å²) in [7, 11) is 1.52. The molecule has 1 aromatic heterocycles. The first-order valence-corrected chi connectivity index (χ1v) is 10.9. The Balaban J connectivity index is 1.66. The number of halogens is 3. The fraction of sp³-hybridized carbons (Fsp3) is 0.130. The number of alkyl halides is 3. The Morgan fingerprint density at radius 1 is 1.03 bits per heavy atom. The first-order valence-electron chi connectivity index (χ1n) is 9.98. The number of thioether (sulfide) groups is 1. The molecule has 1 unspecified atom stereocenters. The number of carbonyl (C=O) groups excluding carboxylic acids is 1. The fourth-order valence-electron chi connectivity index (χ4n) is 3.20. The zero-order valence-electron chi connectivity index (χ0n) is 17.7. The molecule has 4 aromatic rings. The molecule has 0 radical (unpaired) electrons. The van der Waals surface area contributed by atoms with Crippen LogP contribution in [0.15, 0.2) is 84.0 Å². The summed E-state index contributed by atoms with van der Waals surface area (Å²) in [5.41, 5.74) is 0.383. The number of amides is 1. The number of methoxy groups -OCH3 is 1. The van der Waals surface area contributed by atoms with E-state index in [0.717, 1.165) is 23.9 Å². The number of para-hydroxylation sites is 2. The number of tetrazole rings is 1. The van der Waals surface area contributed by atoms with E-state index in [2.05, 4.69) is 20.8 Å². The van der Waals surface area contributed by atoms with Crippen LogP contribution in [0.3, 0.4) is 0 Å². The molecule has 1 atom stereocenters. The van der Waals surface area contributed by atoms with E-state index in [1.807, 2.05) is 0 Å². The smallest absolute Gasteiger partial charge is 0.416 e. The van der Waals surface area contributed by atoms with Crippen LogP contribution in [0.25, 0.3) is 5.69 Å². The van der Waals surface area contributed by atoms with Crippen molar-refractivity contribution in [3.8, 4) is 11.4 Å². The molecule has 1 amide bonds. The van der Waals surface area contributed by atoms with Gasteiger partial charge in [0.25, 0.3) is 0 Å². The number of ether oxygens (including phenoxy) is 1. The fourth-order valence-corrected chi connectivity index (χ4v) is 4.18. The maximum absolute atomic E-state index is 13.3. The molecule has 0 fully saturated rings. The van der Waals surface area contributed by atoms with Gasteiger partial charge in [0.1, 0.15) is 16.7 Å². The number of hydrogen-bond acceptors (Lipinski definition) is 6. The topological polar surface area (TPSA) is 81.9 Å². The van der Waals surface area contributed by atoms with Crippen molar-refractivity contribution in [2.24, 2.45) is 0 Å². The Labute approximate surface area is 196 Å². The van der Waals surface area contributed by atoms with Gasteiger partial charge in [-0.15, -0.1) is 5.10 Å². The largest absolute Gasteiger partial charge is 0.494 e. The molecule has 0 saturated carbocycles. The second-order valence-electron chi connectivity index (χ2n) is 7.02. The van der Waals surface area contributed by atoms with Crippen LogP contribution in [0.4, 0.5) is 18.9 Å². The summed E-state index contributed by atoms with van der Waals surface area (Å²) >= 11 is 1.06. The van der Waals surface area contributed by atoms with Gasteiger partial charge in [0.2, 0.25) is 11.1 Å². The normalized spacial score (nSPS) is 12.2. The van der Waals surface area contributed by atoms with Crippen LogP contribution in [-0.2, 0) is 11.0 Å². The van der Waals surface area contributed by atoms with E-state index >= 15 is 0 Å². The maximum Gasteiger partial charge on any atom is 0.416 e. The number of hydrogen-bond donors (Lipinski definition) is 1. The molecule has 0 spiro atoms. The van der Waals surface area contributed by atoms with Gasteiger partial charge in [0, 0.05) is 5.69 Å². The molecule has 1 N–H and O–H groups in total. The predicted molar refractivity (Wildman–Crippen MR) is 121 cm³/mol. The highest BCUT2D eigenvalue weighted by Gasteiger charge is 2.31. The summed E-state index contributed by atoms with van der Waals surface area (Å²) in [6, 6.07) is 20.4. The maximum atomic E-state index is 13.3. The number of aromatic nitrogens is 4. The van der Waals surface area contributed by atoms with Crippen molar-refractivity contribution in [1.82, 2.24) is 20.2 Å². The molecule has 0 bridgehead atoms. The van der Waals surface area contributed by atoms with Crippen molar-refractivity contribution >= 4 is 23.4 Å². The van der Waals surface area contributed by atoms with Gasteiger partial charge >= 0.3 is 6.18 Å². The molecule has 34 heavy (non-hydrogen) atoms. The van der Waals surface area contributed by atoms with Crippen LogP contribution in [0.1, 0.15) is 16.4 Å². The first-order chi connectivity index (χ1) is 16.4. The highest BCUT2D eigenvalue weighted by atomic mass is 32.2. The lowest BCUT2D eigenvalue weighted by atomic mass is 10.1. The minimum atomic E-state index is -4.52. The molecule has 0 aliphatic rings. The van der Waals surface area contributed by atoms with E-state index in [0.29, 0.717) is 22.2 Å². The first kappa shape index (κ1) is 23.3. The van der Waals surface area contributed by atoms with Crippen LogP contribution in [0.5, 0.6) is 5.75 Å². The average Bonchev–Trinajstić information content (AvgIpc) is 3.30. The van der Waals surface area contributed by atoms with Crippen molar-refractivity contribution in [3.63, 3.8) is 0 Å². The lowest BCUT2D eigenvalue weighted by molar-refractivity contribution is -0.137. The van der Waals surface area contributed by atoms with E-state index in [9.17, 15) is 18.0 Å². The van der Waals surface area contributed by atoms with E-state index in [1.54, 1.807) is 54.6 Å². The quantitative estimate of drug-likeness (QED) is 0.364. The van der Waals surface area contributed by atoms with Crippen LogP contribution < -0.4 is 10.1 Å². The van der Waals surface area contributed by atoms with Crippen molar-refractivity contribution in [3.05, 3.63) is 90.0 Å². The Kier molecular flexibility index (Phi) is 6.82. The minimum absolute atomic E-state index is 0.0330. The summed E-state index contributed by atoms with van der Waals surface area (Å²) in [5.74, 6) is 0.00595. The number of nitrogens with one attached hydrogen (secondary N) is 1. The molecule has 11 heteroatoms. The van der Waals surface area contributed by atoms with Gasteiger partial charge in [-0.3, -0.25) is 4.79 Å². The molecule has 1 heterocycles. The van der Waals surface area contributed by atoms with Crippen LogP contribution in [-0.4, -0.2) is 33.2 Å². The highest BCUT2D eigenvalue weighted by molar-refractivity contribution is 8.00. The highest BCUT2D eigenvalue weighted by Crippen LogP contribution is 2.37. The summed E-state index contributed by atoms with van der Waals surface area (Å²) in [6.45, 7) is 0. The predicted octanol–water partition coefficient (Wildman–Crippen LogP) is 5.16. The Morgan fingerprint density at radius 3 is 2.50 bits per heavy atom. The summed E-state index contributed by atoms with van der Waals surface area (Å²) in [5, 5.41) is 13.8. The Hall–Kier alpha value is -3.86. The van der Waals surface area contributed by atoms with Gasteiger partial charge < -0.3 is 10.1 Å². The Bertz CT molecular complexity index is 1280. The molecule has 4 rings (SSSR count). The standard InChI is InChI=1S/C23H18F3N5O2S/c1-33-19-13-6-5-12-18(19)31-22(28-29-30-31)34-20(15-8-3-2-4-9-15)21(32)27-17-11-7-10-16(14-17)23(24,25)26/h2-14,20H,1H3,(H,27,32). The van der Waals surface area contributed by atoms with Crippen molar-refractivity contribution in [1.29, 1.82) is 0 Å². The average molecular weight is 485 g/mol. The van der Waals surface area contributed by atoms with Gasteiger partial charge in [-0.2, -0.15) is 17.9 Å². The summed E-state index contributed by atoms with van der Waals surface area (Å²) in [6.07, 6.45) is -4.52. The molecule has 3 aromatic carbocycles. The number of benzene rings is 3. The summed E-state index contributed by atoms with van der Waals surface area (Å²) < 4.78 is 46.1. The molecule has 0 aliphatic heterocycles. The van der Waals surface area contributed by atoms with E-state index in [4.69, 9.17) is 4.74 Å². The molecule has 0 aliphatic carbocycles. The third-order valence-electron chi connectivity index (χ3n) is 4.78. The number of anilines is 1. The minimum Gasteiger partial charge on any atom is -0.494 e. The number of carbonyl (C=O) groups is 1. The zero-order valence-corrected chi connectivity index (χ0v) is 18.5. The van der Waals surface area contributed by atoms with Gasteiger partial charge in [-0.05, 0) is 46.3 Å². The molecule has 7 nitrogen and oxygen atoms in total. The molecular formula is C23H18F3N5O2S. The van der Waals surface area contributed by atoms with Crippen LogP contribution in [0.2, 0.25) is 0 Å². The van der Waals surface area contributed by atoms with Crippen molar-refractivity contribution in [2.45, 2.75) is 16.6 Å². The molecule has 0 saturated heterocycles. The van der Waals surface area contributed by atoms with Gasteiger partial charge in [0.05, 0.1) is 12.7 Å². The number of nitrogens with zero attached hydrogens (tertiary/aromatic N) is 4. The zero-order chi connectivity index (χ0) is 24.1. The lowest BCUT2D eigenvalue weighted by Crippen LogP contribution is -2.20. The van der Waals surface area contributed by atoms with E-state index in [-0.39, 0.29) is 5.69 Å². The number of rotatable bonds is 7. The van der Waals surface area contributed by atoms with Crippen LogP contribution >= 0.6 is 11.8 Å². The second-order valence-corrected chi connectivity index (χ2v) is 8.09. The van der Waals surface area contributed by atoms with E-state index in [1.165, 1.54) is 23.9 Å². The van der Waals surface area contributed by atoms with Gasteiger partial charge in [-0.1, -0.05) is 60.3 Å². The van der Waals surface area contributed by atoms with Crippen molar-refractivity contribution < 1.29 is 22.7 Å². The second kappa shape index (κ2) is 9.96. The van der Waals surface area contributed by atoms with E-state index < -0.39 is 22.9 Å². The lowest BCUT2D eigenvalue weighted by Gasteiger charge is -2.17. The third-order valence-corrected chi connectivity index (χ3v) is 5.96. The van der Waals surface area contributed by atoms with Gasteiger partial charge in [-0.25, -0.2) is 0 Å². The summed E-state index contributed by atoms with van der Waals surface area (Å²) in [4.78, 5) is 13.3. The van der Waals surface area contributed by atoms with Gasteiger partial charge in [0.15, 0.2) is 0 Å². The molecule has 174 valence electrons. The van der Waals surface area contributed by atoms with Crippen molar-refractivity contribution in [2.75, 3.05) is 12.4 Å². The Morgan fingerprint density at radius 2 is 1.76 bits per heavy atom. The monoisotopic (exact) mass is 485 g/mol. The third kappa shape index (κ3) is 5.20.